The van der Waals surface area contributed by atoms with Gasteiger partial charge in [-0.25, -0.2) is 0 Å². The predicted octanol–water partition coefficient (Wildman–Crippen LogP) is 2.22. The van der Waals surface area contributed by atoms with Crippen LogP contribution in [0.15, 0.2) is 16.9 Å². The van der Waals surface area contributed by atoms with Crippen LogP contribution in [0.1, 0.15) is 37.4 Å². The first-order chi connectivity index (χ1) is 7.20. The molecule has 1 aromatic heterocycles. The van der Waals surface area contributed by atoms with E-state index in [4.69, 9.17) is 5.26 Å². The van der Waals surface area contributed by atoms with E-state index >= 15 is 0 Å². The minimum Gasteiger partial charge on any atom is -0.312 e. The molecule has 0 unspecified atom stereocenters. The van der Waals surface area contributed by atoms with E-state index in [1.165, 1.54) is 0 Å². The summed E-state index contributed by atoms with van der Waals surface area (Å²) < 4.78 is 1.69. The molecular weight excluding hydrogens is 188 g/mol. The van der Waals surface area contributed by atoms with Crippen LogP contribution in [0.25, 0.3) is 0 Å². The molecule has 15 heavy (non-hydrogen) atoms. The first kappa shape index (κ1) is 11.5. The number of unbranched alkanes of at least 4 members (excludes halogenated alkanes) is 2. The lowest BCUT2D eigenvalue weighted by molar-refractivity contribution is 0.575. The van der Waals surface area contributed by atoms with E-state index < -0.39 is 0 Å². The smallest absolute Gasteiger partial charge is 0.268 e. The Balaban J connectivity index is 2.96. The summed E-state index contributed by atoms with van der Waals surface area (Å²) >= 11 is 0. The molecule has 3 nitrogen and oxygen atoms in total. The average molecular weight is 204 g/mol. The standard InChI is InChI=1S/C12H16N2O/c1-3-4-5-8-14-10(2)6-7-11(9-13)12(14)15/h6-7H,3-5,8H2,1-2H3. The third-order valence-corrected chi connectivity index (χ3v) is 2.50. The van der Waals surface area contributed by atoms with Gasteiger partial charge in [-0.3, -0.25) is 4.79 Å². The minimum absolute atomic E-state index is 0.159. The molecule has 0 aliphatic rings. The highest BCUT2D eigenvalue weighted by Crippen LogP contribution is 2.02. The minimum atomic E-state index is -0.159. The zero-order valence-electron chi connectivity index (χ0n) is 9.29. The zero-order chi connectivity index (χ0) is 11.3. The maximum absolute atomic E-state index is 11.8. The number of nitrogens with zero attached hydrogens (tertiary/aromatic N) is 2. The molecule has 0 saturated heterocycles. The summed E-state index contributed by atoms with van der Waals surface area (Å²) in [4.78, 5) is 11.8. The summed E-state index contributed by atoms with van der Waals surface area (Å²) in [5, 5.41) is 8.74. The molecule has 0 amide bonds. The molecule has 0 aromatic carbocycles. The van der Waals surface area contributed by atoms with E-state index in [0.717, 1.165) is 25.0 Å². The summed E-state index contributed by atoms with van der Waals surface area (Å²) in [7, 11) is 0. The second-order valence-electron chi connectivity index (χ2n) is 3.66. The fraction of sp³-hybridized carbons (Fsp3) is 0.500. The van der Waals surface area contributed by atoms with Gasteiger partial charge < -0.3 is 4.57 Å². The second kappa shape index (κ2) is 5.35. The molecule has 0 atom stereocenters. The fourth-order valence-electron chi connectivity index (χ4n) is 1.55. The van der Waals surface area contributed by atoms with Crippen molar-refractivity contribution in [1.29, 1.82) is 5.26 Å². The van der Waals surface area contributed by atoms with E-state index in [9.17, 15) is 4.79 Å². The third kappa shape index (κ3) is 2.69. The fourth-order valence-corrected chi connectivity index (χ4v) is 1.55. The van der Waals surface area contributed by atoms with Crippen molar-refractivity contribution in [3.8, 4) is 6.07 Å². The summed E-state index contributed by atoms with van der Waals surface area (Å²) in [6, 6.07) is 5.34. The van der Waals surface area contributed by atoms with Crippen LogP contribution in [0.3, 0.4) is 0 Å². The van der Waals surface area contributed by atoms with E-state index in [2.05, 4.69) is 6.92 Å². The SMILES string of the molecule is CCCCCn1c(C)ccc(C#N)c1=O. The Hall–Kier alpha value is -1.56. The van der Waals surface area contributed by atoms with Gasteiger partial charge in [0.1, 0.15) is 11.6 Å². The van der Waals surface area contributed by atoms with Crippen molar-refractivity contribution in [3.63, 3.8) is 0 Å². The van der Waals surface area contributed by atoms with Crippen molar-refractivity contribution in [2.45, 2.75) is 39.7 Å². The van der Waals surface area contributed by atoms with Crippen molar-refractivity contribution in [2.24, 2.45) is 0 Å². The van der Waals surface area contributed by atoms with Crippen LogP contribution in [0.2, 0.25) is 0 Å². The Morgan fingerprint density at radius 3 is 2.73 bits per heavy atom. The van der Waals surface area contributed by atoms with Gasteiger partial charge in [0.15, 0.2) is 0 Å². The Morgan fingerprint density at radius 1 is 1.40 bits per heavy atom. The molecule has 0 radical (unpaired) electrons. The summed E-state index contributed by atoms with van der Waals surface area (Å²) in [5.41, 5.74) is 1.00. The maximum atomic E-state index is 11.8. The number of nitriles is 1. The molecular formula is C12H16N2O. The number of pyridine rings is 1. The first-order valence-electron chi connectivity index (χ1n) is 5.31. The summed E-state index contributed by atoms with van der Waals surface area (Å²) in [5.74, 6) is 0. The van der Waals surface area contributed by atoms with Gasteiger partial charge in [-0.15, -0.1) is 0 Å². The molecule has 0 fully saturated rings. The normalized spacial score (nSPS) is 9.93. The topological polar surface area (TPSA) is 45.8 Å². The second-order valence-corrected chi connectivity index (χ2v) is 3.66. The molecule has 0 N–H and O–H groups in total. The van der Waals surface area contributed by atoms with Gasteiger partial charge in [0.25, 0.3) is 5.56 Å². The van der Waals surface area contributed by atoms with Crippen molar-refractivity contribution in [2.75, 3.05) is 0 Å². The molecule has 1 heterocycles. The van der Waals surface area contributed by atoms with Crippen LogP contribution in [-0.4, -0.2) is 4.57 Å². The predicted molar refractivity (Wildman–Crippen MR) is 59.7 cm³/mol. The van der Waals surface area contributed by atoms with Crippen LogP contribution >= 0.6 is 0 Å². The van der Waals surface area contributed by atoms with Gasteiger partial charge in [-0.1, -0.05) is 19.8 Å². The van der Waals surface area contributed by atoms with E-state index in [-0.39, 0.29) is 11.1 Å². The number of aryl methyl sites for hydroxylation is 1. The molecule has 80 valence electrons. The van der Waals surface area contributed by atoms with Crippen LogP contribution in [0, 0.1) is 18.3 Å². The highest BCUT2D eigenvalue weighted by Gasteiger charge is 2.04. The van der Waals surface area contributed by atoms with Crippen molar-refractivity contribution >= 4 is 0 Å². The Kier molecular flexibility index (Phi) is 4.11. The molecule has 0 aliphatic carbocycles. The van der Waals surface area contributed by atoms with Gasteiger partial charge >= 0.3 is 0 Å². The van der Waals surface area contributed by atoms with Crippen LogP contribution in [0.4, 0.5) is 0 Å². The Bertz CT molecular complexity index is 426. The highest BCUT2D eigenvalue weighted by molar-refractivity contribution is 5.27. The molecule has 1 aromatic rings. The molecule has 1 rings (SSSR count). The molecule has 0 saturated carbocycles. The largest absolute Gasteiger partial charge is 0.312 e. The molecule has 3 heteroatoms. The number of hydrogen-bond acceptors (Lipinski definition) is 2. The molecule has 0 bridgehead atoms. The number of aromatic nitrogens is 1. The Labute approximate surface area is 90.0 Å². The van der Waals surface area contributed by atoms with E-state index in [1.54, 1.807) is 10.6 Å². The lowest BCUT2D eigenvalue weighted by Gasteiger charge is -2.09. The lowest BCUT2D eigenvalue weighted by Crippen LogP contribution is -2.24. The van der Waals surface area contributed by atoms with E-state index in [0.29, 0.717) is 6.54 Å². The lowest BCUT2D eigenvalue weighted by atomic mass is 10.2. The van der Waals surface area contributed by atoms with Crippen LogP contribution in [0.5, 0.6) is 0 Å². The van der Waals surface area contributed by atoms with Gasteiger partial charge in [-0.2, -0.15) is 5.26 Å². The first-order valence-corrected chi connectivity index (χ1v) is 5.31. The summed E-state index contributed by atoms with van der Waals surface area (Å²) in [6.45, 7) is 4.74. The van der Waals surface area contributed by atoms with Gasteiger partial charge in [0.05, 0.1) is 0 Å². The van der Waals surface area contributed by atoms with Crippen molar-refractivity contribution in [1.82, 2.24) is 4.57 Å². The van der Waals surface area contributed by atoms with Crippen LogP contribution < -0.4 is 5.56 Å². The molecule has 0 spiro atoms. The zero-order valence-corrected chi connectivity index (χ0v) is 9.29. The quantitative estimate of drug-likeness (QED) is 0.706. The maximum Gasteiger partial charge on any atom is 0.268 e. The van der Waals surface area contributed by atoms with Crippen molar-refractivity contribution < 1.29 is 0 Å². The van der Waals surface area contributed by atoms with Gasteiger partial charge in [0.2, 0.25) is 0 Å². The average Bonchev–Trinajstić information content (AvgIpc) is 2.23. The highest BCUT2D eigenvalue weighted by atomic mass is 16.1. The number of rotatable bonds is 4. The Morgan fingerprint density at radius 2 is 2.13 bits per heavy atom. The monoisotopic (exact) mass is 204 g/mol. The number of hydrogen-bond donors (Lipinski definition) is 0. The van der Waals surface area contributed by atoms with Gasteiger partial charge in [0, 0.05) is 12.2 Å². The summed E-state index contributed by atoms with van der Waals surface area (Å²) in [6.07, 6.45) is 3.24. The van der Waals surface area contributed by atoms with Crippen LogP contribution in [-0.2, 0) is 6.54 Å². The van der Waals surface area contributed by atoms with Gasteiger partial charge in [-0.05, 0) is 25.5 Å². The van der Waals surface area contributed by atoms with E-state index in [1.807, 2.05) is 19.1 Å². The molecule has 0 aliphatic heterocycles. The van der Waals surface area contributed by atoms with Crippen molar-refractivity contribution in [3.05, 3.63) is 33.7 Å². The third-order valence-electron chi connectivity index (χ3n) is 2.50.